The highest BCUT2D eigenvalue weighted by Gasteiger charge is 2.07. The van der Waals surface area contributed by atoms with Crippen molar-refractivity contribution in [2.45, 2.75) is 20.4 Å². The van der Waals surface area contributed by atoms with Crippen LogP contribution in [0.2, 0.25) is 5.28 Å². The van der Waals surface area contributed by atoms with Crippen LogP contribution in [0.4, 0.5) is 11.5 Å². The van der Waals surface area contributed by atoms with Crippen molar-refractivity contribution in [3.8, 4) is 0 Å². The summed E-state index contributed by atoms with van der Waals surface area (Å²) in [6.07, 6.45) is 0. The van der Waals surface area contributed by atoms with Crippen LogP contribution in [0.25, 0.3) is 0 Å². The second-order valence-corrected chi connectivity index (χ2v) is 4.52. The molecule has 0 radical (unpaired) electrons. The lowest BCUT2D eigenvalue weighted by molar-refractivity contribution is 1.06. The van der Waals surface area contributed by atoms with Crippen LogP contribution in [0.5, 0.6) is 0 Å². The van der Waals surface area contributed by atoms with Crippen molar-refractivity contribution in [2.24, 2.45) is 0 Å². The Balaban J connectivity index is 2.13. The summed E-state index contributed by atoms with van der Waals surface area (Å²) in [5, 5.41) is 3.37. The lowest BCUT2D eigenvalue weighted by Gasteiger charge is -2.10. The molecule has 0 spiro atoms. The molecule has 2 rings (SSSR count). The standard InChI is InChI=1S/C13H15ClN4/c1-8-3-5-10(6-4-8)7-16-12-11(15)9(2)17-13(14)18-12/h3-6H,7,15H2,1-2H3,(H,16,17,18). The molecule has 94 valence electrons. The third-order valence-electron chi connectivity index (χ3n) is 2.69. The number of aryl methyl sites for hydroxylation is 2. The number of rotatable bonds is 3. The van der Waals surface area contributed by atoms with Crippen LogP contribution in [0.15, 0.2) is 24.3 Å². The maximum absolute atomic E-state index is 5.89. The molecule has 2 aromatic rings. The smallest absolute Gasteiger partial charge is 0.224 e. The van der Waals surface area contributed by atoms with Gasteiger partial charge in [-0.2, -0.15) is 4.98 Å². The first kappa shape index (κ1) is 12.6. The van der Waals surface area contributed by atoms with Crippen molar-refractivity contribution in [2.75, 3.05) is 11.1 Å². The number of anilines is 2. The molecule has 4 nitrogen and oxygen atoms in total. The molecule has 0 aliphatic carbocycles. The Hall–Kier alpha value is -1.81. The number of hydrogen-bond acceptors (Lipinski definition) is 4. The lowest BCUT2D eigenvalue weighted by Crippen LogP contribution is -2.07. The van der Waals surface area contributed by atoms with E-state index in [9.17, 15) is 0 Å². The molecule has 0 bridgehead atoms. The first-order valence-electron chi connectivity index (χ1n) is 5.65. The second-order valence-electron chi connectivity index (χ2n) is 4.18. The Bertz CT molecular complexity index is 552. The summed E-state index contributed by atoms with van der Waals surface area (Å²) < 4.78 is 0. The molecule has 1 heterocycles. The normalized spacial score (nSPS) is 10.4. The zero-order valence-electron chi connectivity index (χ0n) is 10.4. The van der Waals surface area contributed by atoms with E-state index in [1.165, 1.54) is 5.56 Å². The number of nitrogens with one attached hydrogen (secondary N) is 1. The first-order valence-corrected chi connectivity index (χ1v) is 6.03. The van der Waals surface area contributed by atoms with E-state index in [-0.39, 0.29) is 5.28 Å². The van der Waals surface area contributed by atoms with Gasteiger partial charge in [-0.25, -0.2) is 4.98 Å². The van der Waals surface area contributed by atoms with E-state index < -0.39 is 0 Å². The van der Waals surface area contributed by atoms with Crippen molar-refractivity contribution in [3.05, 3.63) is 46.4 Å². The number of nitrogens with zero attached hydrogens (tertiary/aromatic N) is 2. The molecule has 1 aromatic carbocycles. The van der Waals surface area contributed by atoms with Crippen LogP contribution in [0.3, 0.4) is 0 Å². The van der Waals surface area contributed by atoms with Gasteiger partial charge in [0, 0.05) is 6.54 Å². The van der Waals surface area contributed by atoms with E-state index in [0.717, 1.165) is 5.56 Å². The predicted octanol–water partition coefficient (Wildman–Crippen LogP) is 2.94. The molecule has 3 N–H and O–H groups in total. The molecular weight excluding hydrogens is 248 g/mol. The molecule has 0 saturated carbocycles. The summed E-state index contributed by atoms with van der Waals surface area (Å²) in [6, 6.07) is 8.26. The lowest BCUT2D eigenvalue weighted by atomic mass is 10.1. The van der Waals surface area contributed by atoms with Gasteiger partial charge in [0.25, 0.3) is 0 Å². The number of nitrogen functional groups attached to an aromatic ring is 1. The number of benzene rings is 1. The van der Waals surface area contributed by atoms with Crippen molar-refractivity contribution in [1.29, 1.82) is 0 Å². The van der Waals surface area contributed by atoms with Gasteiger partial charge in [0.1, 0.15) is 0 Å². The van der Waals surface area contributed by atoms with E-state index in [4.69, 9.17) is 17.3 Å². The highest BCUT2D eigenvalue weighted by atomic mass is 35.5. The van der Waals surface area contributed by atoms with Crippen LogP contribution in [0.1, 0.15) is 16.8 Å². The predicted molar refractivity (Wildman–Crippen MR) is 74.7 cm³/mol. The fourth-order valence-electron chi connectivity index (χ4n) is 1.57. The number of nitrogens with two attached hydrogens (primary N) is 1. The van der Waals surface area contributed by atoms with Gasteiger partial charge in [-0.15, -0.1) is 0 Å². The minimum atomic E-state index is 0.202. The number of hydrogen-bond donors (Lipinski definition) is 2. The van der Waals surface area contributed by atoms with E-state index >= 15 is 0 Å². The fraction of sp³-hybridized carbons (Fsp3) is 0.231. The van der Waals surface area contributed by atoms with Gasteiger partial charge in [0.2, 0.25) is 5.28 Å². The Morgan fingerprint density at radius 3 is 2.50 bits per heavy atom. The van der Waals surface area contributed by atoms with Crippen LogP contribution in [0, 0.1) is 13.8 Å². The molecule has 0 unspecified atom stereocenters. The fourth-order valence-corrected chi connectivity index (χ4v) is 1.79. The van der Waals surface area contributed by atoms with E-state index in [1.54, 1.807) is 6.92 Å². The van der Waals surface area contributed by atoms with Gasteiger partial charge < -0.3 is 11.1 Å². The monoisotopic (exact) mass is 262 g/mol. The first-order chi connectivity index (χ1) is 8.56. The van der Waals surface area contributed by atoms with Crippen molar-refractivity contribution in [1.82, 2.24) is 9.97 Å². The number of halogens is 1. The van der Waals surface area contributed by atoms with Crippen molar-refractivity contribution in [3.63, 3.8) is 0 Å². The van der Waals surface area contributed by atoms with Crippen LogP contribution in [-0.2, 0) is 6.54 Å². The van der Waals surface area contributed by atoms with E-state index in [0.29, 0.717) is 23.7 Å². The quantitative estimate of drug-likeness (QED) is 0.835. The molecule has 1 aromatic heterocycles. The summed E-state index contributed by atoms with van der Waals surface area (Å²) in [5.74, 6) is 0.577. The summed E-state index contributed by atoms with van der Waals surface area (Å²) >= 11 is 5.81. The third-order valence-corrected chi connectivity index (χ3v) is 2.86. The largest absolute Gasteiger partial charge is 0.394 e. The second kappa shape index (κ2) is 5.23. The van der Waals surface area contributed by atoms with Gasteiger partial charge in [0.05, 0.1) is 11.4 Å². The molecule has 18 heavy (non-hydrogen) atoms. The highest BCUT2D eigenvalue weighted by Crippen LogP contribution is 2.21. The van der Waals surface area contributed by atoms with Gasteiger partial charge in [-0.1, -0.05) is 29.8 Å². The van der Waals surface area contributed by atoms with Gasteiger partial charge in [-0.05, 0) is 31.0 Å². The Kier molecular flexibility index (Phi) is 3.67. The summed E-state index contributed by atoms with van der Waals surface area (Å²) in [7, 11) is 0. The SMILES string of the molecule is Cc1ccc(CNc2nc(Cl)nc(C)c2N)cc1. The third kappa shape index (κ3) is 2.90. The average Bonchev–Trinajstić information content (AvgIpc) is 2.34. The van der Waals surface area contributed by atoms with E-state index in [1.807, 2.05) is 0 Å². The zero-order valence-corrected chi connectivity index (χ0v) is 11.1. The summed E-state index contributed by atoms with van der Waals surface area (Å²) in [4.78, 5) is 8.07. The molecule has 0 aliphatic rings. The molecule has 0 fully saturated rings. The Labute approximate surface area is 111 Å². The maximum Gasteiger partial charge on any atom is 0.224 e. The zero-order chi connectivity index (χ0) is 13.1. The summed E-state index contributed by atoms with van der Waals surface area (Å²) in [6.45, 7) is 4.51. The molecule has 5 heteroatoms. The summed E-state index contributed by atoms with van der Waals surface area (Å²) in [5.41, 5.74) is 9.50. The van der Waals surface area contributed by atoms with Crippen LogP contribution in [-0.4, -0.2) is 9.97 Å². The minimum Gasteiger partial charge on any atom is -0.394 e. The average molecular weight is 263 g/mol. The maximum atomic E-state index is 5.89. The molecule has 0 amide bonds. The van der Waals surface area contributed by atoms with Gasteiger partial charge in [0.15, 0.2) is 5.82 Å². The highest BCUT2D eigenvalue weighted by molar-refractivity contribution is 6.28. The van der Waals surface area contributed by atoms with Crippen molar-refractivity contribution >= 4 is 23.1 Å². The van der Waals surface area contributed by atoms with Crippen LogP contribution < -0.4 is 11.1 Å². The topological polar surface area (TPSA) is 63.8 Å². The van der Waals surface area contributed by atoms with Gasteiger partial charge >= 0.3 is 0 Å². The molecule has 0 atom stereocenters. The van der Waals surface area contributed by atoms with Gasteiger partial charge in [-0.3, -0.25) is 0 Å². The van der Waals surface area contributed by atoms with E-state index in [2.05, 4.69) is 46.5 Å². The minimum absolute atomic E-state index is 0.202. The number of aromatic nitrogens is 2. The van der Waals surface area contributed by atoms with Crippen molar-refractivity contribution < 1.29 is 0 Å². The Morgan fingerprint density at radius 2 is 1.83 bits per heavy atom. The van der Waals surface area contributed by atoms with Crippen LogP contribution >= 0.6 is 11.6 Å². The molecular formula is C13H15ClN4. The molecule has 0 saturated heterocycles. The molecule has 0 aliphatic heterocycles. The Morgan fingerprint density at radius 1 is 1.17 bits per heavy atom.